The van der Waals surface area contributed by atoms with Crippen LogP contribution in [0.2, 0.25) is 0 Å². The van der Waals surface area contributed by atoms with E-state index in [4.69, 9.17) is 9.47 Å². The van der Waals surface area contributed by atoms with E-state index < -0.39 is 0 Å². The number of likely N-dealkylation sites (N-methyl/N-ethyl adjacent to an activating group) is 2. The molecule has 4 rings (SSSR count). The second-order valence-electron chi connectivity index (χ2n) is 7.04. The molecule has 0 saturated heterocycles. The monoisotopic (exact) mass is 492 g/mol. The fourth-order valence-electron chi connectivity index (χ4n) is 3.35. The average molecular weight is 493 g/mol. The molecule has 0 radical (unpaired) electrons. The summed E-state index contributed by atoms with van der Waals surface area (Å²) >= 11 is 2.36. The van der Waals surface area contributed by atoms with Crippen molar-refractivity contribution >= 4 is 59.4 Å². The fraction of sp³-hybridized carbons (Fsp3) is 0.556. The standard InChI is InChI=1S/C18H24N6O2S2.2ClH/c1-23-7-3-5-13(11-23)15-17(21-27-19-15)25-9-10-26-18-16(20-28-22-18)14-6-4-8-24(2)12-14;;/h5-6H,3-4,7-12H2,1-2H3;2*1H. The van der Waals surface area contributed by atoms with E-state index >= 15 is 0 Å². The van der Waals surface area contributed by atoms with E-state index in [0.717, 1.165) is 50.4 Å². The third kappa shape index (κ3) is 6.12. The molecule has 0 bridgehead atoms. The SMILES string of the molecule is CN1CCC=C(c2nsnc2OCCOc2nsnc2C2=CCCN(C)C2)C1.Cl.Cl. The summed E-state index contributed by atoms with van der Waals surface area (Å²) in [7, 11) is 4.22. The van der Waals surface area contributed by atoms with E-state index in [2.05, 4.69) is 53.5 Å². The minimum absolute atomic E-state index is 0. The molecule has 0 aliphatic carbocycles. The van der Waals surface area contributed by atoms with Crippen molar-refractivity contribution in [2.45, 2.75) is 12.8 Å². The average Bonchev–Trinajstić information content (AvgIpc) is 3.35. The van der Waals surface area contributed by atoms with Gasteiger partial charge in [-0.2, -0.15) is 8.75 Å². The molecule has 0 fully saturated rings. The lowest BCUT2D eigenvalue weighted by molar-refractivity contribution is 0.208. The van der Waals surface area contributed by atoms with E-state index in [1.165, 1.54) is 34.6 Å². The first-order chi connectivity index (χ1) is 13.7. The van der Waals surface area contributed by atoms with E-state index in [1.54, 1.807) is 0 Å². The Morgan fingerprint density at radius 3 is 1.60 bits per heavy atom. The molecule has 166 valence electrons. The van der Waals surface area contributed by atoms with Gasteiger partial charge in [-0.05, 0) is 38.1 Å². The van der Waals surface area contributed by atoms with Crippen LogP contribution < -0.4 is 9.47 Å². The van der Waals surface area contributed by atoms with Gasteiger partial charge >= 0.3 is 0 Å². The molecule has 2 aliphatic rings. The van der Waals surface area contributed by atoms with E-state index in [0.29, 0.717) is 25.0 Å². The van der Waals surface area contributed by atoms with Gasteiger partial charge in [-0.25, -0.2) is 0 Å². The Kier molecular flexibility index (Phi) is 9.92. The Morgan fingerprint density at radius 2 is 1.20 bits per heavy atom. The van der Waals surface area contributed by atoms with Gasteiger partial charge in [-0.1, -0.05) is 12.2 Å². The Bertz CT molecular complexity index is 802. The molecule has 0 unspecified atom stereocenters. The van der Waals surface area contributed by atoms with Crippen molar-refractivity contribution < 1.29 is 9.47 Å². The van der Waals surface area contributed by atoms with Crippen LogP contribution in [0.1, 0.15) is 24.2 Å². The second-order valence-corrected chi connectivity index (χ2v) is 8.10. The lowest BCUT2D eigenvalue weighted by Gasteiger charge is -2.22. The van der Waals surface area contributed by atoms with Crippen LogP contribution in [0.25, 0.3) is 11.1 Å². The summed E-state index contributed by atoms with van der Waals surface area (Å²) in [5.74, 6) is 1.17. The Morgan fingerprint density at radius 1 is 0.767 bits per heavy atom. The Balaban J connectivity index is 0.00000160. The molecule has 2 aromatic heterocycles. The first-order valence-electron chi connectivity index (χ1n) is 9.37. The number of halogens is 2. The first-order valence-corrected chi connectivity index (χ1v) is 10.8. The molecule has 0 atom stereocenters. The summed E-state index contributed by atoms with van der Waals surface area (Å²) < 4.78 is 29.2. The molecule has 0 aromatic carbocycles. The zero-order valence-electron chi connectivity index (χ0n) is 16.9. The predicted octanol–water partition coefficient (Wildman–Crippen LogP) is 3.13. The number of hydrogen-bond donors (Lipinski definition) is 0. The van der Waals surface area contributed by atoms with Crippen molar-refractivity contribution in [1.29, 1.82) is 0 Å². The number of hydrogen-bond acceptors (Lipinski definition) is 10. The van der Waals surface area contributed by atoms with Crippen LogP contribution in [0.3, 0.4) is 0 Å². The first kappa shape index (κ1) is 25.0. The molecule has 8 nitrogen and oxygen atoms in total. The van der Waals surface area contributed by atoms with Crippen molar-refractivity contribution in [2.75, 3.05) is 53.5 Å². The summed E-state index contributed by atoms with van der Waals surface area (Å²) in [5, 5.41) is 0. The van der Waals surface area contributed by atoms with Crippen LogP contribution in [0.4, 0.5) is 0 Å². The van der Waals surface area contributed by atoms with Crippen LogP contribution in [-0.2, 0) is 0 Å². The van der Waals surface area contributed by atoms with Crippen molar-refractivity contribution in [1.82, 2.24) is 27.3 Å². The maximum Gasteiger partial charge on any atom is 0.253 e. The molecule has 0 spiro atoms. The zero-order chi connectivity index (χ0) is 19.3. The van der Waals surface area contributed by atoms with Gasteiger partial charge in [0.1, 0.15) is 24.6 Å². The topological polar surface area (TPSA) is 76.5 Å². The predicted molar refractivity (Wildman–Crippen MR) is 125 cm³/mol. The molecular formula is C18H26Cl2N6O2S2. The van der Waals surface area contributed by atoms with E-state index in [1.807, 2.05) is 0 Å². The second kappa shape index (κ2) is 11.9. The zero-order valence-corrected chi connectivity index (χ0v) is 20.2. The summed E-state index contributed by atoms with van der Waals surface area (Å²) in [5.41, 5.74) is 4.06. The van der Waals surface area contributed by atoms with Crippen molar-refractivity contribution in [2.24, 2.45) is 0 Å². The molecule has 0 N–H and O–H groups in total. The van der Waals surface area contributed by atoms with Gasteiger partial charge in [-0.15, -0.1) is 33.6 Å². The highest BCUT2D eigenvalue weighted by Crippen LogP contribution is 2.28. The maximum atomic E-state index is 5.85. The molecule has 4 heterocycles. The molecule has 0 amide bonds. The quantitative estimate of drug-likeness (QED) is 0.545. The van der Waals surface area contributed by atoms with E-state index in [-0.39, 0.29) is 24.8 Å². The minimum atomic E-state index is 0. The molecule has 0 saturated carbocycles. The molecular weight excluding hydrogens is 467 g/mol. The normalized spacial score (nSPS) is 17.4. The van der Waals surface area contributed by atoms with Crippen LogP contribution >= 0.6 is 48.3 Å². The van der Waals surface area contributed by atoms with Gasteiger partial charge in [0.2, 0.25) is 0 Å². The lowest BCUT2D eigenvalue weighted by Crippen LogP contribution is -2.25. The lowest BCUT2D eigenvalue weighted by atomic mass is 10.1. The van der Waals surface area contributed by atoms with Gasteiger partial charge in [0.25, 0.3) is 11.8 Å². The van der Waals surface area contributed by atoms with Crippen molar-refractivity contribution in [3.05, 3.63) is 23.5 Å². The summed E-state index contributed by atoms with van der Waals surface area (Å²) in [6.45, 7) is 4.66. The minimum Gasteiger partial charge on any atom is -0.472 e. The number of ether oxygens (including phenoxy) is 2. The molecule has 30 heavy (non-hydrogen) atoms. The Labute approximate surface area is 197 Å². The highest BCUT2D eigenvalue weighted by molar-refractivity contribution is 6.99. The summed E-state index contributed by atoms with van der Waals surface area (Å²) in [4.78, 5) is 4.55. The van der Waals surface area contributed by atoms with E-state index in [9.17, 15) is 0 Å². The number of nitrogens with zero attached hydrogens (tertiary/aromatic N) is 6. The molecule has 2 aromatic rings. The smallest absolute Gasteiger partial charge is 0.253 e. The largest absolute Gasteiger partial charge is 0.472 e. The number of rotatable bonds is 7. The summed E-state index contributed by atoms with van der Waals surface area (Å²) in [6.07, 6.45) is 6.50. The van der Waals surface area contributed by atoms with Gasteiger partial charge < -0.3 is 19.3 Å². The van der Waals surface area contributed by atoms with Gasteiger partial charge in [0.15, 0.2) is 0 Å². The fourth-order valence-corrected chi connectivity index (χ4v) is 4.41. The molecule has 12 heteroatoms. The van der Waals surface area contributed by atoms with Crippen LogP contribution in [0, 0.1) is 0 Å². The van der Waals surface area contributed by atoms with Crippen molar-refractivity contribution in [3.63, 3.8) is 0 Å². The number of aromatic nitrogens is 4. The molecule has 2 aliphatic heterocycles. The third-order valence-corrected chi connectivity index (χ3v) is 5.79. The van der Waals surface area contributed by atoms with Gasteiger partial charge in [-0.3, -0.25) is 0 Å². The summed E-state index contributed by atoms with van der Waals surface area (Å²) in [6, 6.07) is 0. The van der Waals surface area contributed by atoms with Gasteiger partial charge in [0.05, 0.1) is 23.5 Å². The van der Waals surface area contributed by atoms with Gasteiger partial charge in [0, 0.05) is 26.2 Å². The van der Waals surface area contributed by atoms with Crippen LogP contribution in [0.5, 0.6) is 11.8 Å². The van der Waals surface area contributed by atoms with Crippen molar-refractivity contribution in [3.8, 4) is 11.8 Å². The van der Waals surface area contributed by atoms with Crippen LogP contribution in [0.15, 0.2) is 12.2 Å². The third-order valence-electron chi connectivity index (χ3n) is 4.77. The Hall–Kier alpha value is -1.30. The van der Waals surface area contributed by atoms with Crippen LogP contribution in [-0.4, -0.2) is 80.8 Å². The highest BCUT2D eigenvalue weighted by atomic mass is 35.5. The highest BCUT2D eigenvalue weighted by Gasteiger charge is 2.20. The maximum absolute atomic E-state index is 5.85.